The van der Waals surface area contributed by atoms with Crippen LogP contribution in [0.1, 0.15) is 0 Å². The predicted molar refractivity (Wildman–Crippen MR) is 150 cm³/mol. The molecule has 1 aromatic heterocycles. The monoisotopic (exact) mass is 448 g/mol. The fourth-order valence-corrected chi connectivity index (χ4v) is 5.47. The van der Waals surface area contributed by atoms with Gasteiger partial charge in [-0.1, -0.05) is 91.0 Å². The molecule has 0 fully saturated rings. The maximum atomic E-state index is 2.41. The van der Waals surface area contributed by atoms with Gasteiger partial charge in [-0.25, -0.2) is 0 Å². The lowest BCUT2D eigenvalue weighted by Crippen LogP contribution is -2.09. The quantitative estimate of drug-likeness (QED) is 0.262. The maximum absolute atomic E-state index is 2.41. The number of benzene rings is 6. The van der Waals surface area contributed by atoms with Crippen LogP contribution in [-0.4, -0.2) is 11.6 Å². The van der Waals surface area contributed by atoms with Crippen molar-refractivity contribution in [1.29, 1.82) is 0 Å². The van der Waals surface area contributed by atoms with Crippen molar-refractivity contribution >= 4 is 54.7 Å². The summed E-state index contributed by atoms with van der Waals surface area (Å²) in [5.41, 5.74) is 6.04. The highest BCUT2D eigenvalue weighted by molar-refractivity contribution is 6.12. The van der Waals surface area contributed by atoms with Crippen LogP contribution in [0.15, 0.2) is 127 Å². The summed E-state index contributed by atoms with van der Waals surface area (Å²) in [5, 5.41) is 7.56. The second-order valence-corrected chi connectivity index (χ2v) is 9.11. The molecule has 0 unspecified atom stereocenters. The Bertz CT molecular complexity index is 1870. The molecular formula is C33H24N2. The smallest absolute Gasteiger partial charge is 0.0542 e. The van der Waals surface area contributed by atoms with Crippen molar-refractivity contribution in [2.24, 2.45) is 0 Å². The first-order chi connectivity index (χ1) is 17.3. The lowest BCUT2D eigenvalue weighted by molar-refractivity contribution is 1.19. The Labute approximate surface area is 204 Å². The van der Waals surface area contributed by atoms with Gasteiger partial charge in [0, 0.05) is 40.0 Å². The fourth-order valence-electron chi connectivity index (χ4n) is 5.47. The maximum Gasteiger partial charge on any atom is 0.0542 e. The molecule has 0 spiro atoms. The van der Waals surface area contributed by atoms with Gasteiger partial charge < -0.3 is 9.47 Å². The summed E-state index contributed by atoms with van der Waals surface area (Å²) in [6.45, 7) is 0. The summed E-state index contributed by atoms with van der Waals surface area (Å²) in [4.78, 5) is 2.30. The molecule has 0 bridgehead atoms. The number of hydrogen-bond acceptors (Lipinski definition) is 1. The first-order valence-electron chi connectivity index (χ1n) is 12.0. The zero-order valence-corrected chi connectivity index (χ0v) is 19.5. The number of hydrogen-bond donors (Lipinski definition) is 0. The topological polar surface area (TPSA) is 8.17 Å². The van der Waals surface area contributed by atoms with Gasteiger partial charge in [-0.15, -0.1) is 0 Å². The highest BCUT2D eigenvalue weighted by Crippen LogP contribution is 2.38. The molecule has 0 atom stereocenters. The Balaban J connectivity index is 1.48. The Hall–Kier alpha value is -4.56. The van der Waals surface area contributed by atoms with Crippen LogP contribution in [0, 0.1) is 0 Å². The second-order valence-electron chi connectivity index (χ2n) is 9.11. The molecule has 7 aromatic rings. The van der Waals surface area contributed by atoms with E-state index in [1.54, 1.807) is 0 Å². The van der Waals surface area contributed by atoms with E-state index in [4.69, 9.17) is 0 Å². The zero-order valence-electron chi connectivity index (χ0n) is 19.5. The highest BCUT2D eigenvalue weighted by Gasteiger charge is 2.16. The third-order valence-corrected chi connectivity index (χ3v) is 7.18. The second kappa shape index (κ2) is 7.75. The third-order valence-electron chi connectivity index (χ3n) is 7.18. The van der Waals surface area contributed by atoms with Crippen molar-refractivity contribution in [3.8, 4) is 5.69 Å². The van der Waals surface area contributed by atoms with Gasteiger partial charge in [0.1, 0.15) is 0 Å². The summed E-state index contributed by atoms with van der Waals surface area (Å²) in [6, 6.07) is 45.9. The van der Waals surface area contributed by atoms with E-state index in [-0.39, 0.29) is 0 Å². The van der Waals surface area contributed by atoms with E-state index in [9.17, 15) is 0 Å². The standard InChI is InChI=1S/C33H24N2/c1-34(30-18-8-12-23-10-2-4-14-26(23)30)25-20-21-33-29(22-25)28-16-6-7-17-32(28)35(33)31-19-9-13-24-11-3-5-15-27(24)31/h2-22H,1H3. The highest BCUT2D eigenvalue weighted by atomic mass is 15.1. The molecule has 0 aliphatic carbocycles. The Morgan fingerprint density at radius 1 is 0.486 bits per heavy atom. The molecule has 0 saturated heterocycles. The van der Waals surface area contributed by atoms with E-state index in [0.29, 0.717) is 0 Å². The van der Waals surface area contributed by atoms with Crippen LogP contribution in [0.4, 0.5) is 11.4 Å². The number of fused-ring (bicyclic) bond motifs is 5. The van der Waals surface area contributed by atoms with Gasteiger partial charge >= 0.3 is 0 Å². The normalized spacial score (nSPS) is 11.6. The van der Waals surface area contributed by atoms with Crippen molar-refractivity contribution in [2.75, 3.05) is 11.9 Å². The first-order valence-corrected chi connectivity index (χ1v) is 12.0. The van der Waals surface area contributed by atoms with Gasteiger partial charge in [-0.2, -0.15) is 0 Å². The number of rotatable bonds is 3. The molecule has 2 nitrogen and oxygen atoms in total. The van der Waals surface area contributed by atoms with E-state index in [0.717, 1.165) is 0 Å². The number of para-hydroxylation sites is 1. The molecule has 0 aliphatic rings. The minimum Gasteiger partial charge on any atom is -0.344 e. The Kier molecular flexibility index (Phi) is 4.40. The summed E-state index contributed by atoms with van der Waals surface area (Å²) in [7, 11) is 2.16. The fraction of sp³-hybridized carbons (Fsp3) is 0.0303. The Morgan fingerprint density at radius 3 is 1.91 bits per heavy atom. The van der Waals surface area contributed by atoms with Crippen molar-refractivity contribution in [1.82, 2.24) is 4.57 Å². The molecule has 6 aromatic carbocycles. The molecule has 166 valence electrons. The molecule has 0 N–H and O–H groups in total. The summed E-state index contributed by atoms with van der Waals surface area (Å²) < 4.78 is 2.41. The summed E-state index contributed by atoms with van der Waals surface area (Å²) in [6.07, 6.45) is 0. The largest absolute Gasteiger partial charge is 0.344 e. The van der Waals surface area contributed by atoms with E-state index in [1.807, 2.05) is 0 Å². The molecular weight excluding hydrogens is 424 g/mol. The summed E-state index contributed by atoms with van der Waals surface area (Å²) in [5.74, 6) is 0. The van der Waals surface area contributed by atoms with Crippen molar-refractivity contribution in [2.45, 2.75) is 0 Å². The first kappa shape index (κ1) is 19.9. The summed E-state index contributed by atoms with van der Waals surface area (Å²) >= 11 is 0. The van der Waals surface area contributed by atoms with Crippen LogP contribution in [0.2, 0.25) is 0 Å². The van der Waals surface area contributed by atoms with Crippen LogP contribution in [0.25, 0.3) is 49.0 Å². The van der Waals surface area contributed by atoms with E-state index in [1.165, 1.54) is 60.4 Å². The average molecular weight is 449 g/mol. The van der Waals surface area contributed by atoms with Crippen molar-refractivity contribution < 1.29 is 0 Å². The predicted octanol–water partition coefficient (Wildman–Crippen LogP) is 8.86. The minimum absolute atomic E-state index is 1.18. The van der Waals surface area contributed by atoms with E-state index >= 15 is 0 Å². The van der Waals surface area contributed by atoms with Crippen LogP contribution >= 0.6 is 0 Å². The average Bonchev–Trinajstić information content (AvgIpc) is 3.25. The molecule has 0 aliphatic heterocycles. The lowest BCUT2D eigenvalue weighted by Gasteiger charge is -2.22. The zero-order chi connectivity index (χ0) is 23.4. The number of nitrogens with zero attached hydrogens (tertiary/aromatic N) is 2. The number of anilines is 2. The Morgan fingerprint density at radius 2 is 1.09 bits per heavy atom. The molecule has 0 amide bonds. The molecule has 1 heterocycles. The van der Waals surface area contributed by atoms with Crippen LogP contribution < -0.4 is 4.90 Å². The van der Waals surface area contributed by atoms with Gasteiger partial charge in [-0.3, -0.25) is 0 Å². The molecule has 35 heavy (non-hydrogen) atoms. The van der Waals surface area contributed by atoms with Gasteiger partial charge in [-0.05, 0) is 47.2 Å². The van der Waals surface area contributed by atoms with Gasteiger partial charge in [0.25, 0.3) is 0 Å². The van der Waals surface area contributed by atoms with Crippen LogP contribution in [-0.2, 0) is 0 Å². The SMILES string of the molecule is CN(c1ccc2c(c1)c1ccccc1n2-c1cccc2ccccc12)c1cccc2ccccc12. The molecule has 0 saturated carbocycles. The molecule has 0 radical (unpaired) electrons. The van der Waals surface area contributed by atoms with Crippen LogP contribution in [0.3, 0.4) is 0 Å². The lowest BCUT2D eigenvalue weighted by atomic mass is 10.1. The minimum atomic E-state index is 1.18. The van der Waals surface area contributed by atoms with Gasteiger partial charge in [0.15, 0.2) is 0 Å². The molecule has 7 rings (SSSR count). The van der Waals surface area contributed by atoms with Gasteiger partial charge in [0.2, 0.25) is 0 Å². The van der Waals surface area contributed by atoms with E-state index < -0.39 is 0 Å². The third kappa shape index (κ3) is 3.04. The number of aromatic nitrogens is 1. The van der Waals surface area contributed by atoms with E-state index in [2.05, 4.69) is 144 Å². The van der Waals surface area contributed by atoms with Gasteiger partial charge in [0.05, 0.1) is 16.7 Å². The van der Waals surface area contributed by atoms with Crippen LogP contribution in [0.5, 0.6) is 0 Å². The molecule has 2 heteroatoms. The van der Waals surface area contributed by atoms with Crippen molar-refractivity contribution in [3.63, 3.8) is 0 Å². The van der Waals surface area contributed by atoms with Crippen molar-refractivity contribution in [3.05, 3.63) is 127 Å².